The van der Waals surface area contributed by atoms with E-state index in [2.05, 4.69) is 31.9 Å². The summed E-state index contributed by atoms with van der Waals surface area (Å²) in [5, 5.41) is 24.6. The third-order valence-electron chi connectivity index (χ3n) is 6.73. The van der Waals surface area contributed by atoms with E-state index in [4.69, 9.17) is 4.74 Å². The maximum absolute atomic E-state index is 12.1. The quantitative estimate of drug-likeness (QED) is 0.393. The van der Waals surface area contributed by atoms with Crippen molar-refractivity contribution in [1.82, 2.24) is 24.4 Å². The van der Waals surface area contributed by atoms with Gasteiger partial charge in [-0.2, -0.15) is 15.5 Å². The first kappa shape index (κ1) is 22.1. The molecule has 2 aliphatic rings. The van der Waals surface area contributed by atoms with Crippen molar-refractivity contribution in [3.63, 3.8) is 0 Å². The second kappa shape index (κ2) is 9.00. The third-order valence-corrected chi connectivity index (χ3v) is 6.73. The molecule has 0 bridgehead atoms. The Morgan fingerprint density at radius 2 is 2.03 bits per heavy atom. The summed E-state index contributed by atoms with van der Waals surface area (Å²) in [6.07, 6.45) is 9.29. The van der Waals surface area contributed by atoms with Crippen molar-refractivity contribution in [2.75, 3.05) is 17.2 Å². The number of hydrogen-bond acceptors (Lipinski definition) is 7. The number of pyridine rings is 2. The minimum Gasteiger partial charge on any atom is -0.491 e. The molecule has 4 heterocycles. The molecule has 6 rings (SSSR count). The summed E-state index contributed by atoms with van der Waals surface area (Å²) in [6, 6.07) is 12.0. The Kier molecular flexibility index (Phi) is 5.52. The van der Waals surface area contributed by atoms with Crippen molar-refractivity contribution in [2.24, 2.45) is 18.9 Å². The fourth-order valence-electron chi connectivity index (χ4n) is 4.54. The van der Waals surface area contributed by atoms with E-state index in [-0.39, 0.29) is 11.8 Å². The molecule has 0 spiro atoms. The standard InChI is InChI=1S/C26H26N8O2/c1-33-6-5-24(31-33)29-19-8-16(9-19)15-36-23-14-28-20(13-27)11-22(23)18-4-7-34-21(10-18)12-25(32-34)30-26(35)17-2-3-17/h4-7,10-12,14,16-17,19H,2-3,8-9,15H2,1H3,(H,29,31)(H,30,32,35)/t16-,19+. The first-order chi connectivity index (χ1) is 17.5. The maximum atomic E-state index is 12.1. The summed E-state index contributed by atoms with van der Waals surface area (Å²) in [4.78, 5) is 16.3. The molecular formula is C26H26N8O2. The zero-order valence-corrected chi connectivity index (χ0v) is 19.9. The van der Waals surface area contributed by atoms with Crippen molar-refractivity contribution in [2.45, 2.75) is 31.7 Å². The number of anilines is 2. The smallest absolute Gasteiger partial charge is 0.228 e. The van der Waals surface area contributed by atoms with Gasteiger partial charge in [-0.3, -0.25) is 9.48 Å². The predicted octanol–water partition coefficient (Wildman–Crippen LogP) is 3.62. The highest BCUT2D eigenvalue weighted by Gasteiger charge is 2.31. The Hall–Kier alpha value is -4.39. The van der Waals surface area contributed by atoms with Crippen LogP contribution in [0.4, 0.5) is 11.6 Å². The molecule has 0 unspecified atom stereocenters. The molecule has 0 saturated heterocycles. The van der Waals surface area contributed by atoms with Crippen molar-refractivity contribution >= 4 is 23.1 Å². The largest absolute Gasteiger partial charge is 0.491 e. The van der Waals surface area contributed by atoms with E-state index in [1.165, 1.54) is 0 Å². The zero-order chi connectivity index (χ0) is 24.6. The molecule has 0 aromatic carbocycles. The van der Waals surface area contributed by atoms with Crippen LogP contribution < -0.4 is 15.4 Å². The van der Waals surface area contributed by atoms with Crippen LogP contribution in [0.3, 0.4) is 0 Å². The van der Waals surface area contributed by atoms with Crippen LogP contribution >= 0.6 is 0 Å². The summed E-state index contributed by atoms with van der Waals surface area (Å²) in [6.45, 7) is 0.577. The third kappa shape index (κ3) is 4.60. The molecule has 10 heteroatoms. The van der Waals surface area contributed by atoms with Gasteiger partial charge < -0.3 is 15.4 Å². The molecule has 1 amide bonds. The highest BCUT2D eigenvalue weighted by molar-refractivity contribution is 5.93. The van der Waals surface area contributed by atoms with Gasteiger partial charge in [0, 0.05) is 49.1 Å². The van der Waals surface area contributed by atoms with Crippen molar-refractivity contribution in [1.29, 1.82) is 5.26 Å². The normalized spacial score (nSPS) is 18.9. The Bertz CT molecular complexity index is 1470. The van der Waals surface area contributed by atoms with Crippen LogP contribution in [0.1, 0.15) is 31.4 Å². The number of amides is 1. The number of hydrogen-bond donors (Lipinski definition) is 2. The first-order valence-corrected chi connectivity index (χ1v) is 12.1. The number of nitrogens with one attached hydrogen (secondary N) is 2. The van der Waals surface area contributed by atoms with Crippen molar-refractivity contribution in [3.8, 4) is 22.9 Å². The number of aryl methyl sites for hydroxylation is 1. The Labute approximate surface area is 207 Å². The van der Waals surface area contributed by atoms with Crippen LogP contribution in [0.15, 0.2) is 48.9 Å². The molecule has 4 aromatic rings. The highest BCUT2D eigenvalue weighted by Crippen LogP contribution is 2.35. The van der Waals surface area contributed by atoms with E-state index < -0.39 is 0 Å². The van der Waals surface area contributed by atoms with E-state index in [1.807, 2.05) is 43.7 Å². The predicted molar refractivity (Wildman–Crippen MR) is 133 cm³/mol. The molecule has 2 saturated carbocycles. The number of aromatic nitrogens is 5. The Morgan fingerprint density at radius 1 is 1.17 bits per heavy atom. The second-order valence-electron chi connectivity index (χ2n) is 9.62. The average Bonchev–Trinajstić information content (AvgIpc) is 3.52. The van der Waals surface area contributed by atoms with Gasteiger partial charge in [-0.25, -0.2) is 9.50 Å². The van der Waals surface area contributed by atoms with E-state index in [1.54, 1.807) is 21.5 Å². The molecule has 182 valence electrons. The summed E-state index contributed by atoms with van der Waals surface area (Å²) in [7, 11) is 1.91. The molecule has 0 aliphatic heterocycles. The summed E-state index contributed by atoms with van der Waals surface area (Å²) < 4.78 is 9.71. The minimum absolute atomic E-state index is 0.0237. The number of rotatable bonds is 8. The van der Waals surface area contributed by atoms with Gasteiger partial charge in [0.25, 0.3) is 0 Å². The first-order valence-electron chi connectivity index (χ1n) is 12.1. The minimum atomic E-state index is 0.0237. The SMILES string of the molecule is Cn1ccc(N[C@H]2C[C@@H](COc3cnc(C#N)cc3-c3ccn4nc(NC(=O)C5CC5)cc4c3)C2)n1. The van der Waals surface area contributed by atoms with Gasteiger partial charge in [0.05, 0.1) is 18.3 Å². The van der Waals surface area contributed by atoms with Gasteiger partial charge in [-0.1, -0.05) is 0 Å². The van der Waals surface area contributed by atoms with E-state index in [0.717, 1.165) is 48.1 Å². The molecule has 2 fully saturated rings. The topological polar surface area (TPSA) is 122 Å². The van der Waals surface area contributed by atoms with E-state index in [9.17, 15) is 10.1 Å². The van der Waals surface area contributed by atoms with Crippen LogP contribution in [0.5, 0.6) is 5.75 Å². The van der Waals surface area contributed by atoms with Gasteiger partial charge in [-0.05, 0) is 55.4 Å². The maximum Gasteiger partial charge on any atom is 0.228 e. The van der Waals surface area contributed by atoms with Gasteiger partial charge in [0.2, 0.25) is 5.91 Å². The Balaban J connectivity index is 1.15. The lowest BCUT2D eigenvalue weighted by atomic mass is 9.81. The van der Waals surface area contributed by atoms with Gasteiger partial charge >= 0.3 is 0 Å². The van der Waals surface area contributed by atoms with Crippen LogP contribution in [0.2, 0.25) is 0 Å². The lowest BCUT2D eigenvalue weighted by Gasteiger charge is -2.35. The molecule has 2 aliphatic carbocycles. The lowest BCUT2D eigenvalue weighted by molar-refractivity contribution is -0.117. The number of ether oxygens (including phenoxy) is 1. The van der Waals surface area contributed by atoms with Gasteiger partial charge in [0.15, 0.2) is 5.82 Å². The molecule has 10 nitrogen and oxygen atoms in total. The molecule has 2 N–H and O–H groups in total. The number of nitriles is 1. The van der Waals surface area contributed by atoms with E-state index >= 15 is 0 Å². The summed E-state index contributed by atoms with van der Waals surface area (Å²) in [5.74, 6) is 2.64. The number of carbonyl (C=O) groups excluding carboxylic acids is 1. The average molecular weight is 483 g/mol. The molecule has 4 aromatic heterocycles. The molecule has 36 heavy (non-hydrogen) atoms. The van der Waals surface area contributed by atoms with Crippen LogP contribution in [0, 0.1) is 23.2 Å². The van der Waals surface area contributed by atoms with Crippen molar-refractivity contribution in [3.05, 3.63) is 54.6 Å². The Morgan fingerprint density at radius 3 is 2.78 bits per heavy atom. The summed E-state index contributed by atoms with van der Waals surface area (Å²) >= 11 is 0. The molecule has 0 atom stereocenters. The van der Waals surface area contributed by atoms with Crippen LogP contribution in [0.25, 0.3) is 16.6 Å². The number of nitrogens with zero attached hydrogens (tertiary/aromatic N) is 6. The molecular weight excluding hydrogens is 456 g/mol. The highest BCUT2D eigenvalue weighted by atomic mass is 16.5. The van der Waals surface area contributed by atoms with Crippen molar-refractivity contribution < 1.29 is 9.53 Å². The molecule has 0 radical (unpaired) electrons. The number of carbonyl (C=O) groups is 1. The summed E-state index contributed by atoms with van der Waals surface area (Å²) in [5.41, 5.74) is 2.85. The monoisotopic (exact) mass is 482 g/mol. The fraction of sp³-hybridized carbons (Fsp3) is 0.346. The lowest BCUT2D eigenvalue weighted by Crippen LogP contribution is -2.38. The number of fused-ring (bicyclic) bond motifs is 1. The zero-order valence-electron chi connectivity index (χ0n) is 19.9. The van der Waals surface area contributed by atoms with E-state index in [0.29, 0.717) is 35.8 Å². The van der Waals surface area contributed by atoms with Crippen LogP contribution in [-0.2, 0) is 11.8 Å². The van der Waals surface area contributed by atoms with Gasteiger partial charge in [0.1, 0.15) is 23.3 Å². The fourth-order valence-corrected chi connectivity index (χ4v) is 4.54. The second-order valence-corrected chi connectivity index (χ2v) is 9.62. The van der Waals surface area contributed by atoms with Crippen LogP contribution in [-0.4, -0.2) is 42.9 Å². The van der Waals surface area contributed by atoms with Gasteiger partial charge in [-0.15, -0.1) is 0 Å².